The molecule has 0 aromatic carbocycles. The molecule has 22 heteroatoms. The molecule has 52 heavy (non-hydrogen) atoms. The zero-order chi connectivity index (χ0) is 39.4. The number of phosphoric acid groups is 3. The Bertz CT molecular complexity index is 1170. The van der Waals surface area contributed by atoms with Gasteiger partial charge in [0, 0.05) is 18.6 Å². The molecular formula is C30H59O18P3S. The van der Waals surface area contributed by atoms with Crippen LogP contribution in [0.2, 0.25) is 0 Å². The number of carbonyl (C=O) groups is 2. The third kappa shape index (κ3) is 22.3. The Labute approximate surface area is 309 Å². The van der Waals surface area contributed by atoms with E-state index in [1.165, 1.54) is 51.4 Å². The van der Waals surface area contributed by atoms with Crippen molar-refractivity contribution in [2.75, 3.05) is 12.4 Å². The van der Waals surface area contributed by atoms with E-state index in [1.54, 1.807) is 0 Å². The second-order valence-corrected chi connectivity index (χ2v) is 17.7. The predicted octanol–water partition coefficient (Wildman–Crippen LogP) is 4.38. The second kappa shape index (κ2) is 25.8. The van der Waals surface area contributed by atoms with E-state index in [-0.39, 0.29) is 23.7 Å². The van der Waals surface area contributed by atoms with Gasteiger partial charge in [-0.2, -0.15) is 0 Å². The van der Waals surface area contributed by atoms with Gasteiger partial charge in [0.15, 0.2) is 5.12 Å². The molecule has 0 aromatic heterocycles. The van der Waals surface area contributed by atoms with Crippen LogP contribution in [0.3, 0.4) is 0 Å². The van der Waals surface area contributed by atoms with Crippen molar-refractivity contribution in [3.05, 3.63) is 0 Å². The quantitative estimate of drug-likeness (QED) is 0.0295. The minimum Gasteiger partial charge on any atom is -0.460 e. The maximum Gasteiger partial charge on any atom is 0.472 e. The lowest BCUT2D eigenvalue weighted by Gasteiger charge is -2.44. The van der Waals surface area contributed by atoms with Gasteiger partial charge in [-0.15, -0.1) is 0 Å². The summed E-state index contributed by atoms with van der Waals surface area (Å²) in [4.78, 5) is 71.8. The number of thioether (sulfide) groups is 1. The van der Waals surface area contributed by atoms with Crippen molar-refractivity contribution < 1.29 is 85.9 Å². The topological polar surface area (TPSA) is 293 Å². The number of hydrogen-bond donors (Lipinski definition) is 8. The Morgan fingerprint density at radius 1 is 0.615 bits per heavy atom. The average molecular weight is 833 g/mol. The van der Waals surface area contributed by atoms with Gasteiger partial charge in [-0.3, -0.25) is 27.7 Å². The first-order valence-electron chi connectivity index (χ1n) is 17.8. The second-order valence-electron chi connectivity index (χ2n) is 12.8. The van der Waals surface area contributed by atoms with Crippen LogP contribution in [-0.2, 0) is 46.1 Å². The van der Waals surface area contributed by atoms with Gasteiger partial charge in [-0.1, -0.05) is 103 Å². The number of aliphatic hydroxyl groups is 3. The van der Waals surface area contributed by atoms with Crippen LogP contribution in [0, 0.1) is 0 Å². The van der Waals surface area contributed by atoms with Gasteiger partial charge < -0.3 is 44.5 Å². The summed E-state index contributed by atoms with van der Waals surface area (Å²) in [7, 11) is -16.4. The number of phosphoric ester groups is 3. The van der Waals surface area contributed by atoms with E-state index in [1.807, 2.05) is 6.92 Å². The van der Waals surface area contributed by atoms with Crippen molar-refractivity contribution in [2.24, 2.45) is 0 Å². The van der Waals surface area contributed by atoms with Gasteiger partial charge in [0.1, 0.15) is 42.7 Å². The average Bonchev–Trinajstić information content (AvgIpc) is 3.04. The van der Waals surface area contributed by atoms with E-state index in [2.05, 4.69) is 16.0 Å². The fraction of sp³-hybridized carbons (Fsp3) is 0.933. The van der Waals surface area contributed by atoms with Gasteiger partial charge in [0.05, 0.1) is 6.61 Å². The molecular weight excluding hydrogens is 773 g/mol. The summed E-state index contributed by atoms with van der Waals surface area (Å²) in [6.07, 6.45) is -0.289. The Balaban J connectivity index is 2.75. The zero-order valence-electron chi connectivity index (χ0n) is 29.9. The Morgan fingerprint density at radius 2 is 1.08 bits per heavy atom. The van der Waals surface area contributed by atoms with Crippen LogP contribution < -0.4 is 0 Å². The van der Waals surface area contributed by atoms with E-state index in [0.29, 0.717) is 19.3 Å². The highest BCUT2D eigenvalue weighted by Crippen LogP contribution is 2.51. The fourth-order valence-electron chi connectivity index (χ4n) is 5.50. The van der Waals surface area contributed by atoms with Gasteiger partial charge in [-0.05, 0) is 19.3 Å². The standard InChI is InChI=1S/C30H59O18P3S/c1-3-5-6-7-8-9-10-11-12-13-14-15-16-18-23(31)45-22(19-20-52-24(32)17-4-2)21-44-51(42,43)48-28-25(33)26(34)29(46-49(36,37)38)30(27(28)35)47-50(39,40)41/h22,25-30,33-35H,3-21H2,1-2H3,(H,42,43)(H2,36,37,38)(H2,39,40,41)/t22-,25?,26-,27+,28?,29?,30+/m1/s1. The van der Waals surface area contributed by atoms with E-state index < -0.39 is 78.8 Å². The van der Waals surface area contributed by atoms with Gasteiger partial charge >= 0.3 is 29.4 Å². The molecule has 0 amide bonds. The molecule has 0 aromatic rings. The lowest BCUT2D eigenvalue weighted by atomic mass is 9.85. The summed E-state index contributed by atoms with van der Waals surface area (Å²) < 4.78 is 59.6. The fourth-order valence-corrected chi connectivity index (χ4v) is 8.56. The molecule has 0 saturated heterocycles. The summed E-state index contributed by atoms with van der Waals surface area (Å²) in [5, 5.41) is 31.4. The number of carbonyl (C=O) groups excluding carboxylic acids is 2. The molecule has 1 aliphatic rings. The van der Waals surface area contributed by atoms with Crippen molar-refractivity contribution in [2.45, 2.75) is 166 Å². The highest BCUT2D eigenvalue weighted by Gasteiger charge is 2.56. The van der Waals surface area contributed by atoms with E-state index in [4.69, 9.17) is 23.6 Å². The highest BCUT2D eigenvalue weighted by molar-refractivity contribution is 8.13. The number of aliphatic hydroxyl groups excluding tert-OH is 3. The van der Waals surface area contributed by atoms with Crippen molar-refractivity contribution in [1.29, 1.82) is 0 Å². The third-order valence-corrected chi connectivity index (χ3v) is 11.1. The molecule has 18 nitrogen and oxygen atoms in total. The van der Waals surface area contributed by atoms with E-state index in [9.17, 15) is 53.3 Å². The molecule has 4 unspecified atom stereocenters. The van der Waals surface area contributed by atoms with Crippen molar-refractivity contribution in [1.82, 2.24) is 0 Å². The molecule has 8 N–H and O–H groups in total. The number of unbranched alkanes of at least 4 members (excludes halogenated alkanes) is 12. The van der Waals surface area contributed by atoms with E-state index >= 15 is 0 Å². The minimum absolute atomic E-state index is 0.0252. The van der Waals surface area contributed by atoms with Crippen molar-refractivity contribution >= 4 is 46.3 Å². The molecule has 308 valence electrons. The van der Waals surface area contributed by atoms with E-state index in [0.717, 1.165) is 37.4 Å². The Hall–Kier alpha value is -0.300. The first-order valence-corrected chi connectivity index (χ1v) is 23.4. The van der Waals surface area contributed by atoms with Crippen LogP contribution in [-0.4, -0.2) is 106 Å². The minimum atomic E-state index is -5.56. The van der Waals surface area contributed by atoms with Crippen LogP contribution in [0.4, 0.5) is 0 Å². The molecule has 1 aliphatic carbocycles. The molecule has 1 fully saturated rings. The molecule has 0 aliphatic heterocycles. The largest absolute Gasteiger partial charge is 0.472 e. The summed E-state index contributed by atoms with van der Waals surface area (Å²) in [6.45, 7) is 3.28. The first-order chi connectivity index (χ1) is 24.3. The van der Waals surface area contributed by atoms with Gasteiger partial charge in [0.25, 0.3) is 0 Å². The molecule has 0 heterocycles. The lowest BCUT2D eigenvalue weighted by molar-refractivity contribution is -0.213. The third-order valence-electron chi connectivity index (χ3n) is 8.16. The maximum atomic E-state index is 12.9. The SMILES string of the molecule is CCCCCCCCCCCCCCCC(=O)O[C@H](CCSC(=O)CCC)COP(=O)(O)OC1C(O)[C@@H](O)C(OP(=O)(O)O)[C@@H](OP(=O)(O)O)[C@H]1O. The van der Waals surface area contributed by atoms with Crippen LogP contribution in [0.15, 0.2) is 0 Å². The van der Waals surface area contributed by atoms with Crippen LogP contribution in [0.5, 0.6) is 0 Å². The monoisotopic (exact) mass is 832 g/mol. The summed E-state index contributed by atoms with van der Waals surface area (Å²) in [5.41, 5.74) is 0. The van der Waals surface area contributed by atoms with Gasteiger partial charge in [0.2, 0.25) is 0 Å². The van der Waals surface area contributed by atoms with Gasteiger partial charge in [-0.25, -0.2) is 13.7 Å². The number of esters is 1. The molecule has 0 radical (unpaired) electrons. The van der Waals surface area contributed by atoms with Crippen LogP contribution >= 0.6 is 35.2 Å². The molecule has 8 atom stereocenters. The Morgan fingerprint density at radius 3 is 1.56 bits per heavy atom. The summed E-state index contributed by atoms with van der Waals surface area (Å²) in [5.74, 6) is -0.436. The first kappa shape index (κ1) is 49.7. The summed E-state index contributed by atoms with van der Waals surface area (Å²) in [6, 6.07) is 0. The predicted molar refractivity (Wildman–Crippen MR) is 190 cm³/mol. The number of rotatable bonds is 29. The lowest BCUT2D eigenvalue weighted by Crippen LogP contribution is -2.65. The molecule has 0 bridgehead atoms. The number of hydrogen-bond acceptors (Lipinski definition) is 14. The summed E-state index contributed by atoms with van der Waals surface area (Å²) >= 11 is 0.978. The van der Waals surface area contributed by atoms with Crippen molar-refractivity contribution in [3.8, 4) is 0 Å². The molecule has 0 spiro atoms. The zero-order valence-corrected chi connectivity index (χ0v) is 33.4. The normalized spacial score (nSPS) is 24.3. The Kier molecular flexibility index (Phi) is 24.6. The molecule has 1 rings (SSSR count). The van der Waals surface area contributed by atoms with Crippen LogP contribution in [0.1, 0.15) is 123 Å². The number of ether oxygens (including phenoxy) is 1. The highest BCUT2D eigenvalue weighted by atomic mass is 32.2. The van der Waals surface area contributed by atoms with Crippen LogP contribution in [0.25, 0.3) is 0 Å². The maximum absolute atomic E-state index is 12.9. The smallest absolute Gasteiger partial charge is 0.460 e. The van der Waals surface area contributed by atoms with Crippen molar-refractivity contribution in [3.63, 3.8) is 0 Å². The molecule has 1 saturated carbocycles.